The Balaban J connectivity index is 1.98. The first-order valence-electron chi connectivity index (χ1n) is 6.88. The Kier molecular flexibility index (Phi) is 4.03. The normalized spacial score (nSPS) is 10.8. The number of aromatic nitrogens is 1. The van der Waals surface area contributed by atoms with E-state index in [1.165, 1.54) is 37.4 Å². The van der Waals surface area contributed by atoms with Crippen molar-refractivity contribution in [1.82, 2.24) is 4.98 Å². The molecular formula is C16H12F2N2O4. The van der Waals surface area contributed by atoms with Gasteiger partial charge in [0.2, 0.25) is 0 Å². The number of rotatable bonds is 5. The standard InChI is InChI=1S/C16H12F2N2O4/c1-23-12-5-3-9(17)7-11(12)20-16-19-10-4-2-8(6-13(21)22)14(18)15(10)24-16/h2-5,7H,6H2,1H3,(H,19,20)(H,21,22). The molecule has 1 aromatic heterocycles. The molecule has 2 N–H and O–H groups in total. The van der Waals surface area contributed by atoms with Crippen LogP contribution in [-0.2, 0) is 11.2 Å². The number of hydrogen-bond donors (Lipinski definition) is 2. The van der Waals surface area contributed by atoms with Gasteiger partial charge in [0.15, 0.2) is 11.4 Å². The van der Waals surface area contributed by atoms with E-state index in [-0.39, 0.29) is 28.4 Å². The van der Waals surface area contributed by atoms with Gasteiger partial charge in [-0.2, -0.15) is 4.98 Å². The van der Waals surface area contributed by atoms with Crippen LogP contribution in [-0.4, -0.2) is 23.2 Å². The molecule has 3 aromatic rings. The van der Waals surface area contributed by atoms with E-state index in [4.69, 9.17) is 14.3 Å². The van der Waals surface area contributed by atoms with Gasteiger partial charge in [0.05, 0.1) is 19.2 Å². The molecule has 24 heavy (non-hydrogen) atoms. The predicted molar refractivity (Wildman–Crippen MR) is 81.5 cm³/mol. The quantitative estimate of drug-likeness (QED) is 0.743. The van der Waals surface area contributed by atoms with Crippen molar-refractivity contribution >= 4 is 28.8 Å². The minimum atomic E-state index is -1.16. The second-order valence-corrected chi connectivity index (χ2v) is 4.95. The number of oxazole rings is 1. The molecule has 0 fully saturated rings. The zero-order valence-corrected chi connectivity index (χ0v) is 12.5. The molecule has 124 valence electrons. The van der Waals surface area contributed by atoms with Gasteiger partial charge in [0.1, 0.15) is 17.1 Å². The van der Waals surface area contributed by atoms with Crippen LogP contribution >= 0.6 is 0 Å². The van der Waals surface area contributed by atoms with Crippen LogP contribution in [0, 0.1) is 11.6 Å². The summed E-state index contributed by atoms with van der Waals surface area (Å²) in [5, 5.41) is 11.5. The van der Waals surface area contributed by atoms with E-state index in [2.05, 4.69) is 10.3 Å². The van der Waals surface area contributed by atoms with Gasteiger partial charge in [0.25, 0.3) is 6.01 Å². The fourth-order valence-corrected chi connectivity index (χ4v) is 2.25. The van der Waals surface area contributed by atoms with E-state index in [9.17, 15) is 13.6 Å². The third kappa shape index (κ3) is 2.98. The van der Waals surface area contributed by atoms with Crippen molar-refractivity contribution in [3.8, 4) is 5.75 Å². The summed E-state index contributed by atoms with van der Waals surface area (Å²) in [7, 11) is 1.42. The average molecular weight is 334 g/mol. The Morgan fingerprint density at radius 2 is 2.12 bits per heavy atom. The first kappa shape index (κ1) is 15.7. The molecule has 6 nitrogen and oxygen atoms in total. The van der Waals surface area contributed by atoms with Gasteiger partial charge in [-0.3, -0.25) is 4.79 Å². The number of carboxylic acid groups (broad SMARTS) is 1. The number of nitrogens with one attached hydrogen (secondary N) is 1. The van der Waals surface area contributed by atoms with Crippen LogP contribution in [0.3, 0.4) is 0 Å². The number of aliphatic carboxylic acids is 1. The summed E-state index contributed by atoms with van der Waals surface area (Å²) in [5.74, 6) is -2.09. The monoisotopic (exact) mass is 334 g/mol. The van der Waals surface area contributed by atoms with Crippen LogP contribution in [0.5, 0.6) is 5.75 Å². The Morgan fingerprint density at radius 3 is 2.83 bits per heavy atom. The lowest BCUT2D eigenvalue weighted by molar-refractivity contribution is -0.136. The molecule has 0 aliphatic heterocycles. The first-order chi connectivity index (χ1) is 11.5. The SMILES string of the molecule is COc1ccc(F)cc1Nc1nc2ccc(CC(=O)O)c(F)c2o1. The van der Waals surface area contributed by atoms with Crippen molar-refractivity contribution in [2.24, 2.45) is 0 Å². The molecule has 0 aliphatic carbocycles. The van der Waals surface area contributed by atoms with E-state index in [0.717, 1.165) is 0 Å². The van der Waals surface area contributed by atoms with Crippen LogP contribution < -0.4 is 10.1 Å². The molecule has 8 heteroatoms. The highest BCUT2D eigenvalue weighted by atomic mass is 19.1. The first-order valence-corrected chi connectivity index (χ1v) is 6.88. The number of carbonyl (C=O) groups is 1. The minimum Gasteiger partial charge on any atom is -0.495 e. The molecule has 0 aliphatic rings. The molecular weight excluding hydrogens is 322 g/mol. The lowest BCUT2D eigenvalue weighted by Crippen LogP contribution is -2.02. The summed E-state index contributed by atoms with van der Waals surface area (Å²) in [6.07, 6.45) is -0.469. The highest BCUT2D eigenvalue weighted by molar-refractivity contribution is 5.79. The smallest absolute Gasteiger partial charge is 0.307 e. The summed E-state index contributed by atoms with van der Waals surface area (Å²) in [6.45, 7) is 0. The third-order valence-corrected chi connectivity index (χ3v) is 3.32. The van der Waals surface area contributed by atoms with Crippen LogP contribution in [0.1, 0.15) is 5.56 Å². The summed E-state index contributed by atoms with van der Waals surface area (Å²) in [5.41, 5.74) is 0.280. The number of ether oxygens (including phenoxy) is 1. The maximum absolute atomic E-state index is 14.3. The van der Waals surface area contributed by atoms with Crippen molar-refractivity contribution in [1.29, 1.82) is 0 Å². The number of benzene rings is 2. The number of halogens is 2. The van der Waals surface area contributed by atoms with Crippen LogP contribution in [0.4, 0.5) is 20.5 Å². The fraction of sp³-hybridized carbons (Fsp3) is 0.125. The van der Waals surface area contributed by atoms with Crippen LogP contribution in [0.2, 0.25) is 0 Å². The van der Waals surface area contributed by atoms with Gasteiger partial charge in [-0.1, -0.05) is 6.07 Å². The van der Waals surface area contributed by atoms with E-state index >= 15 is 0 Å². The maximum Gasteiger partial charge on any atom is 0.307 e. The Morgan fingerprint density at radius 1 is 1.33 bits per heavy atom. The summed E-state index contributed by atoms with van der Waals surface area (Å²) in [6, 6.07) is 6.55. The lowest BCUT2D eigenvalue weighted by Gasteiger charge is -2.07. The molecule has 3 rings (SSSR count). The number of hydrogen-bond acceptors (Lipinski definition) is 5. The van der Waals surface area contributed by atoms with Crippen molar-refractivity contribution in [3.63, 3.8) is 0 Å². The molecule has 0 atom stereocenters. The van der Waals surface area contributed by atoms with Crippen LogP contribution in [0.15, 0.2) is 34.7 Å². The molecule has 0 bridgehead atoms. The highest BCUT2D eigenvalue weighted by Gasteiger charge is 2.17. The molecule has 2 aromatic carbocycles. The average Bonchev–Trinajstić information content (AvgIpc) is 2.93. The zero-order valence-electron chi connectivity index (χ0n) is 12.5. The fourth-order valence-electron chi connectivity index (χ4n) is 2.25. The van der Waals surface area contributed by atoms with E-state index in [1.807, 2.05) is 0 Å². The number of methoxy groups -OCH3 is 1. The van der Waals surface area contributed by atoms with E-state index in [0.29, 0.717) is 5.75 Å². The van der Waals surface area contributed by atoms with Gasteiger partial charge < -0.3 is 19.6 Å². The molecule has 0 amide bonds. The van der Waals surface area contributed by atoms with Gasteiger partial charge in [-0.05, 0) is 18.2 Å². The topological polar surface area (TPSA) is 84.6 Å². The summed E-state index contributed by atoms with van der Waals surface area (Å²) < 4.78 is 38.0. The van der Waals surface area contributed by atoms with Crippen molar-refractivity contribution in [3.05, 3.63) is 47.5 Å². The largest absolute Gasteiger partial charge is 0.495 e. The van der Waals surface area contributed by atoms with Crippen molar-refractivity contribution in [2.45, 2.75) is 6.42 Å². The highest BCUT2D eigenvalue weighted by Crippen LogP contribution is 2.31. The van der Waals surface area contributed by atoms with E-state index in [1.54, 1.807) is 0 Å². The molecule has 0 unspecified atom stereocenters. The number of anilines is 2. The molecule has 0 saturated heterocycles. The lowest BCUT2D eigenvalue weighted by atomic mass is 10.1. The van der Waals surface area contributed by atoms with Gasteiger partial charge in [-0.25, -0.2) is 8.78 Å². The summed E-state index contributed by atoms with van der Waals surface area (Å²) in [4.78, 5) is 14.8. The van der Waals surface area contributed by atoms with Gasteiger partial charge in [0, 0.05) is 11.6 Å². The maximum atomic E-state index is 14.3. The predicted octanol–water partition coefficient (Wildman–Crippen LogP) is 3.49. The number of carboxylic acids is 1. The number of nitrogens with zero attached hydrogens (tertiary/aromatic N) is 1. The van der Waals surface area contributed by atoms with E-state index < -0.39 is 24.0 Å². The third-order valence-electron chi connectivity index (χ3n) is 3.32. The minimum absolute atomic E-state index is 0.0129. The number of fused-ring (bicyclic) bond motifs is 1. The molecule has 0 spiro atoms. The Labute approximate surface area is 134 Å². The van der Waals surface area contributed by atoms with Crippen molar-refractivity contribution in [2.75, 3.05) is 12.4 Å². The molecule has 0 radical (unpaired) electrons. The Hall–Kier alpha value is -3.16. The second kappa shape index (κ2) is 6.15. The van der Waals surface area contributed by atoms with Crippen molar-refractivity contribution < 1.29 is 27.8 Å². The second-order valence-electron chi connectivity index (χ2n) is 4.95. The molecule has 1 heterocycles. The Bertz CT molecular complexity index is 924. The summed E-state index contributed by atoms with van der Waals surface area (Å²) >= 11 is 0. The van der Waals surface area contributed by atoms with Gasteiger partial charge >= 0.3 is 5.97 Å². The van der Waals surface area contributed by atoms with Crippen LogP contribution in [0.25, 0.3) is 11.1 Å². The van der Waals surface area contributed by atoms with Gasteiger partial charge in [-0.15, -0.1) is 0 Å². The zero-order chi connectivity index (χ0) is 17.3. The molecule has 0 saturated carbocycles.